The normalized spacial score (nSPS) is 19.7. The van der Waals surface area contributed by atoms with Gasteiger partial charge in [-0.15, -0.1) is 0 Å². The first kappa shape index (κ1) is 12.7. The summed E-state index contributed by atoms with van der Waals surface area (Å²) in [5.74, 6) is -0.724. The number of carbonyl (C=O) groups is 2. The lowest BCUT2D eigenvalue weighted by atomic mass is 10.2. The van der Waals surface area contributed by atoms with E-state index in [-0.39, 0.29) is 24.5 Å². The summed E-state index contributed by atoms with van der Waals surface area (Å²) in [6, 6.07) is 8.61. The third-order valence-electron chi connectivity index (χ3n) is 2.90. The molecule has 1 aliphatic heterocycles. The number of β-amino-alcohol motifs (C(OH)–C–C–N with tert-alkyl or cyclic N) is 1. The zero-order chi connectivity index (χ0) is 13.0. The van der Waals surface area contributed by atoms with E-state index < -0.39 is 0 Å². The van der Waals surface area contributed by atoms with Crippen LogP contribution in [0.25, 0.3) is 0 Å². The first-order chi connectivity index (χ1) is 8.65. The lowest BCUT2D eigenvalue weighted by molar-refractivity contribution is -0.121. The van der Waals surface area contributed by atoms with Crippen LogP contribution in [0.15, 0.2) is 30.3 Å². The molecule has 0 radical (unpaired) electrons. The van der Waals surface area contributed by atoms with Crippen molar-refractivity contribution in [2.45, 2.75) is 12.5 Å². The summed E-state index contributed by atoms with van der Waals surface area (Å²) in [5.41, 5.74) is 0.465. The van der Waals surface area contributed by atoms with Gasteiger partial charge >= 0.3 is 0 Å². The van der Waals surface area contributed by atoms with Crippen LogP contribution in [0.3, 0.4) is 0 Å². The maximum Gasteiger partial charge on any atom is 0.257 e. The summed E-state index contributed by atoms with van der Waals surface area (Å²) in [6.07, 6.45) is 0.322. The van der Waals surface area contributed by atoms with E-state index in [0.29, 0.717) is 25.1 Å². The SMILES string of the molecule is O=C(CN1CC[C@H](O)C1)NC(=O)c1ccccc1. The van der Waals surface area contributed by atoms with Crippen molar-refractivity contribution in [3.8, 4) is 0 Å². The quantitative estimate of drug-likeness (QED) is 0.790. The predicted molar refractivity (Wildman–Crippen MR) is 66.0 cm³/mol. The van der Waals surface area contributed by atoms with Gasteiger partial charge in [0.1, 0.15) is 0 Å². The van der Waals surface area contributed by atoms with E-state index in [9.17, 15) is 14.7 Å². The van der Waals surface area contributed by atoms with Crippen LogP contribution in [0.1, 0.15) is 16.8 Å². The number of amides is 2. The summed E-state index contributed by atoms with van der Waals surface area (Å²) in [4.78, 5) is 25.2. The monoisotopic (exact) mass is 248 g/mol. The maximum atomic E-state index is 11.7. The fourth-order valence-corrected chi connectivity index (χ4v) is 1.99. The number of likely N-dealkylation sites (tertiary alicyclic amines) is 1. The molecule has 96 valence electrons. The zero-order valence-corrected chi connectivity index (χ0v) is 10.0. The van der Waals surface area contributed by atoms with Crippen LogP contribution < -0.4 is 5.32 Å². The lowest BCUT2D eigenvalue weighted by Gasteiger charge is -2.13. The molecule has 0 saturated carbocycles. The van der Waals surface area contributed by atoms with Crippen LogP contribution >= 0.6 is 0 Å². The van der Waals surface area contributed by atoms with E-state index in [0.717, 1.165) is 0 Å². The van der Waals surface area contributed by atoms with Crippen LogP contribution in [0.2, 0.25) is 0 Å². The first-order valence-corrected chi connectivity index (χ1v) is 5.95. The van der Waals surface area contributed by atoms with Crippen LogP contribution in [0, 0.1) is 0 Å². The van der Waals surface area contributed by atoms with E-state index in [1.54, 1.807) is 24.3 Å². The Labute approximate surface area is 105 Å². The standard InChI is InChI=1S/C13H16N2O3/c16-11-6-7-15(8-11)9-12(17)14-13(18)10-4-2-1-3-5-10/h1-5,11,16H,6-9H2,(H,14,17,18)/t11-/m0/s1. The smallest absolute Gasteiger partial charge is 0.257 e. The van der Waals surface area contributed by atoms with Crippen LogP contribution in [-0.4, -0.2) is 47.6 Å². The molecule has 0 bridgehead atoms. The summed E-state index contributed by atoms with van der Waals surface area (Å²) in [6.45, 7) is 1.33. The van der Waals surface area contributed by atoms with Gasteiger partial charge in [-0.25, -0.2) is 0 Å². The van der Waals surface area contributed by atoms with Crippen LogP contribution in [0.5, 0.6) is 0 Å². The average Bonchev–Trinajstić information content (AvgIpc) is 2.75. The minimum Gasteiger partial charge on any atom is -0.392 e. The molecule has 1 heterocycles. The summed E-state index contributed by atoms with van der Waals surface area (Å²) < 4.78 is 0. The Hall–Kier alpha value is -1.72. The number of carbonyl (C=O) groups excluding carboxylic acids is 2. The summed E-state index contributed by atoms with van der Waals surface area (Å²) in [7, 11) is 0. The second-order valence-electron chi connectivity index (χ2n) is 4.42. The Morgan fingerprint density at radius 2 is 2.06 bits per heavy atom. The number of aliphatic hydroxyl groups excluding tert-OH is 1. The van der Waals surface area contributed by atoms with Gasteiger partial charge in [-0.3, -0.25) is 19.8 Å². The Morgan fingerprint density at radius 3 is 2.67 bits per heavy atom. The number of hydrogen-bond donors (Lipinski definition) is 2. The molecule has 0 aromatic heterocycles. The molecule has 5 heteroatoms. The molecule has 1 aliphatic rings. The maximum absolute atomic E-state index is 11.7. The Balaban J connectivity index is 1.83. The van der Waals surface area contributed by atoms with Gasteiger partial charge in [0, 0.05) is 18.7 Å². The number of nitrogens with zero attached hydrogens (tertiary/aromatic N) is 1. The summed E-state index contributed by atoms with van der Waals surface area (Å²) >= 11 is 0. The molecule has 2 N–H and O–H groups in total. The van der Waals surface area contributed by atoms with Gasteiger partial charge in [-0.1, -0.05) is 18.2 Å². The zero-order valence-electron chi connectivity index (χ0n) is 10.0. The molecule has 0 aliphatic carbocycles. The van der Waals surface area contributed by atoms with Crippen molar-refractivity contribution >= 4 is 11.8 Å². The number of benzene rings is 1. The van der Waals surface area contributed by atoms with E-state index in [4.69, 9.17) is 0 Å². The highest BCUT2D eigenvalue weighted by Crippen LogP contribution is 2.07. The number of rotatable bonds is 3. The van der Waals surface area contributed by atoms with Gasteiger partial charge in [0.25, 0.3) is 5.91 Å². The van der Waals surface area contributed by atoms with Crippen molar-refractivity contribution in [1.29, 1.82) is 0 Å². The topological polar surface area (TPSA) is 69.6 Å². The molecule has 5 nitrogen and oxygen atoms in total. The van der Waals surface area contributed by atoms with Crippen LogP contribution in [0.4, 0.5) is 0 Å². The minimum atomic E-state index is -0.389. The highest BCUT2D eigenvalue weighted by molar-refractivity contribution is 6.05. The van der Waals surface area contributed by atoms with Gasteiger partial charge in [0.15, 0.2) is 0 Å². The second kappa shape index (κ2) is 5.75. The Morgan fingerprint density at radius 1 is 1.33 bits per heavy atom. The van der Waals surface area contributed by atoms with Gasteiger partial charge < -0.3 is 5.11 Å². The molecule has 2 amide bonds. The van der Waals surface area contributed by atoms with E-state index in [2.05, 4.69) is 5.32 Å². The number of nitrogens with one attached hydrogen (secondary N) is 1. The van der Waals surface area contributed by atoms with Crippen molar-refractivity contribution in [3.63, 3.8) is 0 Å². The Kier molecular flexibility index (Phi) is 4.07. The fourth-order valence-electron chi connectivity index (χ4n) is 1.99. The molecule has 1 saturated heterocycles. The lowest BCUT2D eigenvalue weighted by Crippen LogP contribution is -2.39. The predicted octanol–water partition coefficient (Wildman–Crippen LogP) is 0.00960. The van der Waals surface area contributed by atoms with E-state index in [1.807, 2.05) is 11.0 Å². The molecule has 0 spiro atoms. The number of imide groups is 1. The minimum absolute atomic E-state index is 0.148. The molecule has 1 aromatic rings. The van der Waals surface area contributed by atoms with Crippen molar-refractivity contribution in [1.82, 2.24) is 10.2 Å². The Bertz CT molecular complexity index is 433. The highest BCUT2D eigenvalue weighted by atomic mass is 16.3. The van der Waals surface area contributed by atoms with Gasteiger partial charge in [-0.05, 0) is 18.6 Å². The van der Waals surface area contributed by atoms with Gasteiger partial charge in [0.05, 0.1) is 12.6 Å². The molecule has 18 heavy (non-hydrogen) atoms. The number of aliphatic hydroxyl groups is 1. The van der Waals surface area contributed by atoms with Crippen molar-refractivity contribution in [2.24, 2.45) is 0 Å². The highest BCUT2D eigenvalue weighted by Gasteiger charge is 2.22. The molecule has 1 fully saturated rings. The molecule has 2 rings (SSSR count). The van der Waals surface area contributed by atoms with Crippen molar-refractivity contribution in [3.05, 3.63) is 35.9 Å². The number of hydrogen-bond acceptors (Lipinski definition) is 4. The third kappa shape index (κ3) is 3.38. The largest absolute Gasteiger partial charge is 0.392 e. The molecular weight excluding hydrogens is 232 g/mol. The molecular formula is C13H16N2O3. The van der Waals surface area contributed by atoms with Gasteiger partial charge in [0.2, 0.25) is 5.91 Å². The van der Waals surface area contributed by atoms with Crippen molar-refractivity contribution in [2.75, 3.05) is 19.6 Å². The first-order valence-electron chi connectivity index (χ1n) is 5.95. The van der Waals surface area contributed by atoms with Crippen LogP contribution in [-0.2, 0) is 4.79 Å². The third-order valence-corrected chi connectivity index (χ3v) is 2.90. The molecule has 0 unspecified atom stereocenters. The second-order valence-corrected chi connectivity index (χ2v) is 4.42. The van der Waals surface area contributed by atoms with E-state index >= 15 is 0 Å². The van der Waals surface area contributed by atoms with Gasteiger partial charge in [-0.2, -0.15) is 0 Å². The van der Waals surface area contributed by atoms with E-state index in [1.165, 1.54) is 0 Å². The van der Waals surface area contributed by atoms with Crippen molar-refractivity contribution < 1.29 is 14.7 Å². The summed E-state index contributed by atoms with van der Waals surface area (Å²) in [5, 5.41) is 11.7. The average molecular weight is 248 g/mol. The fraction of sp³-hybridized carbons (Fsp3) is 0.385. The molecule has 1 atom stereocenters. The molecule has 1 aromatic carbocycles.